The van der Waals surface area contributed by atoms with E-state index in [-0.39, 0.29) is 5.04 Å². The molecule has 4 N–H and O–H groups in total. The molecule has 0 spiro atoms. The Bertz CT molecular complexity index is 465. The third kappa shape index (κ3) is 3.04. The van der Waals surface area contributed by atoms with Gasteiger partial charge in [-0.3, -0.25) is 4.79 Å². The largest absolute Gasteiger partial charge is 0.543 e. The first-order valence-corrected chi connectivity index (χ1v) is 8.84. The smallest absolute Gasteiger partial charge is 0.252 e. The number of benzene rings is 1. The predicted octanol–water partition coefficient (Wildman–Crippen LogP) is 2.75. The third-order valence-electron chi connectivity index (χ3n) is 3.44. The van der Waals surface area contributed by atoms with Gasteiger partial charge in [0.15, 0.2) is 0 Å². The van der Waals surface area contributed by atoms with E-state index in [1.165, 1.54) is 0 Å². The zero-order valence-corrected chi connectivity index (χ0v) is 12.7. The molecule has 0 aliphatic rings. The van der Waals surface area contributed by atoms with Crippen LogP contribution in [0.1, 0.15) is 31.1 Å². The normalized spacial score (nSPS) is 12.3. The van der Waals surface area contributed by atoms with E-state index < -0.39 is 14.2 Å². The van der Waals surface area contributed by atoms with Gasteiger partial charge in [-0.15, -0.1) is 0 Å². The Balaban J connectivity index is 3.16. The quantitative estimate of drug-likeness (QED) is 0.652. The first-order chi connectivity index (χ1) is 8.04. The van der Waals surface area contributed by atoms with Crippen molar-refractivity contribution in [2.45, 2.75) is 38.9 Å². The first-order valence-electron chi connectivity index (χ1n) is 5.93. The summed E-state index contributed by atoms with van der Waals surface area (Å²) < 4.78 is 6.10. The highest BCUT2D eigenvalue weighted by molar-refractivity contribution is 6.74. The van der Waals surface area contributed by atoms with Crippen molar-refractivity contribution in [3.63, 3.8) is 0 Å². The van der Waals surface area contributed by atoms with Gasteiger partial charge in [0.05, 0.1) is 5.56 Å². The summed E-state index contributed by atoms with van der Waals surface area (Å²) in [5.74, 6) is 0.0132. The van der Waals surface area contributed by atoms with Crippen LogP contribution in [0.25, 0.3) is 0 Å². The molecule has 0 aromatic heterocycles. The van der Waals surface area contributed by atoms with E-state index >= 15 is 0 Å². The van der Waals surface area contributed by atoms with E-state index in [1.807, 2.05) is 0 Å². The van der Waals surface area contributed by atoms with Crippen LogP contribution in [0.3, 0.4) is 0 Å². The zero-order chi connectivity index (χ0) is 14.1. The minimum absolute atomic E-state index is 0.0588. The van der Waals surface area contributed by atoms with Gasteiger partial charge in [-0.25, -0.2) is 0 Å². The van der Waals surface area contributed by atoms with Gasteiger partial charge < -0.3 is 15.9 Å². The van der Waals surface area contributed by atoms with Gasteiger partial charge in [-0.2, -0.15) is 0 Å². The maximum Gasteiger partial charge on any atom is 0.252 e. The molecule has 0 saturated carbocycles. The van der Waals surface area contributed by atoms with Crippen molar-refractivity contribution < 1.29 is 9.22 Å². The van der Waals surface area contributed by atoms with Crippen LogP contribution in [0.4, 0.5) is 5.69 Å². The van der Waals surface area contributed by atoms with E-state index in [9.17, 15) is 4.79 Å². The second-order valence-electron chi connectivity index (χ2n) is 5.98. The molecule has 0 saturated heterocycles. The predicted molar refractivity (Wildman–Crippen MR) is 77.2 cm³/mol. The summed E-state index contributed by atoms with van der Waals surface area (Å²) in [4.78, 5) is 11.4. The molecule has 100 valence electrons. The third-order valence-corrected chi connectivity index (χ3v) is 7.78. The van der Waals surface area contributed by atoms with Gasteiger partial charge in [0.1, 0.15) is 5.75 Å². The Morgan fingerprint density at radius 3 is 2.28 bits per heavy atom. The number of hydrogen-bond donors (Lipinski definition) is 2. The molecule has 0 heterocycles. The average Bonchev–Trinajstić information content (AvgIpc) is 2.18. The van der Waals surface area contributed by atoms with Crippen LogP contribution < -0.4 is 15.9 Å². The highest BCUT2D eigenvalue weighted by Crippen LogP contribution is 2.38. The zero-order valence-electron chi connectivity index (χ0n) is 11.7. The number of carbonyl (C=O) groups excluding carboxylic acids is 1. The van der Waals surface area contributed by atoms with Gasteiger partial charge in [-0.1, -0.05) is 20.8 Å². The number of hydrogen-bond acceptors (Lipinski definition) is 3. The van der Waals surface area contributed by atoms with Crippen LogP contribution in [0.5, 0.6) is 5.75 Å². The van der Waals surface area contributed by atoms with Crippen molar-refractivity contribution in [1.29, 1.82) is 0 Å². The van der Waals surface area contributed by atoms with E-state index in [4.69, 9.17) is 15.9 Å². The Kier molecular flexibility index (Phi) is 3.76. The van der Waals surface area contributed by atoms with Crippen molar-refractivity contribution in [2.75, 3.05) is 5.73 Å². The van der Waals surface area contributed by atoms with E-state index in [0.29, 0.717) is 17.0 Å². The van der Waals surface area contributed by atoms with Crippen molar-refractivity contribution in [3.8, 4) is 5.75 Å². The van der Waals surface area contributed by atoms with Crippen LogP contribution in [-0.4, -0.2) is 14.2 Å². The molecule has 1 amide bonds. The van der Waals surface area contributed by atoms with Gasteiger partial charge in [0, 0.05) is 5.69 Å². The fraction of sp³-hybridized carbons (Fsp3) is 0.462. The number of primary amides is 1. The molecule has 0 atom stereocenters. The first kappa shape index (κ1) is 14.6. The minimum Gasteiger partial charge on any atom is -0.543 e. The Hall–Kier alpha value is -1.49. The lowest BCUT2D eigenvalue weighted by atomic mass is 10.2. The Morgan fingerprint density at radius 1 is 1.28 bits per heavy atom. The van der Waals surface area contributed by atoms with Gasteiger partial charge >= 0.3 is 0 Å². The van der Waals surface area contributed by atoms with E-state index in [2.05, 4.69) is 33.9 Å². The fourth-order valence-corrected chi connectivity index (χ4v) is 2.29. The van der Waals surface area contributed by atoms with Crippen molar-refractivity contribution in [3.05, 3.63) is 23.8 Å². The van der Waals surface area contributed by atoms with E-state index in [0.717, 1.165) is 0 Å². The molecule has 1 aromatic rings. The number of amides is 1. The topological polar surface area (TPSA) is 78.3 Å². The summed E-state index contributed by atoms with van der Waals surface area (Å²) in [6.07, 6.45) is 0. The molecule has 5 heteroatoms. The van der Waals surface area contributed by atoms with Crippen LogP contribution in [-0.2, 0) is 0 Å². The van der Waals surface area contributed by atoms with Gasteiger partial charge in [0.2, 0.25) is 0 Å². The Labute approximate surface area is 109 Å². The summed E-state index contributed by atoms with van der Waals surface area (Å²) >= 11 is 0. The molecule has 0 radical (unpaired) electrons. The molecule has 0 unspecified atom stereocenters. The van der Waals surface area contributed by atoms with Gasteiger partial charge in [-0.05, 0) is 36.3 Å². The molecule has 1 rings (SSSR count). The second-order valence-corrected chi connectivity index (χ2v) is 10.7. The van der Waals surface area contributed by atoms with Crippen molar-refractivity contribution in [2.24, 2.45) is 5.73 Å². The molecule has 0 aliphatic heterocycles. The number of anilines is 1. The lowest BCUT2D eigenvalue weighted by Gasteiger charge is -2.36. The number of nitrogens with two attached hydrogens (primary N) is 2. The highest BCUT2D eigenvalue weighted by Gasteiger charge is 2.39. The second kappa shape index (κ2) is 4.64. The average molecular weight is 266 g/mol. The number of nitrogen functional groups attached to an aromatic ring is 1. The molecular formula is C13H22N2O2Si. The SMILES string of the molecule is CC(C)(C)[Si](C)(C)Oc1ccc(N)cc1C(N)=O. The molecule has 1 aromatic carbocycles. The van der Waals surface area contributed by atoms with Crippen molar-refractivity contribution in [1.82, 2.24) is 0 Å². The number of rotatable bonds is 3. The maximum absolute atomic E-state index is 11.4. The van der Waals surface area contributed by atoms with Crippen LogP contribution in [0.15, 0.2) is 18.2 Å². The van der Waals surface area contributed by atoms with Gasteiger partial charge in [0.25, 0.3) is 14.2 Å². The van der Waals surface area contributed by atoms with Crippen LogP contribution in [0, 0.1) is 0 Å². The molecular weight excluding hydrogens is 244 g/mol. The molecule has 4 nitrogen and oxygen atoms in total. The Morgan fingerprint density at radius 2 is 1.83 bits per heavy atom. The maximum atomic E-state index is 11.4. The standard InChI is InChI=1S/C13H22N2O2Si/c1-13(2,3)18(4,5)17-11-7-6-9(14)8-10(11)12(15)16/h6-8H,14H2,1-5H3,(H2,15,16). The highest BCUT2D eigenvalue weighted by atomic mass is 28.4. The lowest BCUT2D eigenvalue weighted by molar-refractivity contribution is 0.0998. The van der Waals surface area contributed by atoms with Crippen LogP contribution >= 0.6 is 0 Å². The van der Waals surface area contributed by atoms with Crippen molar-refractivity contribution >= 4 is 19.9 Å². The molecule has 18 heavy (non-hydrogen) atoms. The van der Waals surface area contributed by atoms with E-state index in [1.54, 1.807) is 18.2 Å². The minimum atomic E-state index is -1.99. The molecule has 0 bridgehead atoms. The van der Waals surface area contributed by atoms with Crippen LogP contribution in [0.2, 0.25) is 18.1 Å². The molecule has 0 fully saturated rings. The summed E-state index contributed by atoms with van der Waals surface area (Å²) in [7, 11) is -1.99. The number of carbonyl (C=O) groups is 1. The summed E-state index contributed by atoms with van der Waals surface area (Å²) in [5.41, 5.74) is 11.9. The monoisotopic (exact) mass is 266 g/mol. The lowest BCUT2D eigenvalue weighted by Crippen LogP contribution is -2.44. The fourth-order valence-electron chi connectivity index (χ4n) is 1.26. The summed E-state index contributed by atoms with van der Waals surface area (Å²) in [6.45, 7) is 10.7. The summed E-state index contributed by atoms with van der Waals surface area (Å²) in [5, 5.41) is 0.0588. The molecule has 0 aliphatic carbocycles. The summed E-state index contributed by atoms with van der Waals surface area (Å²) in [6, 6.07) is 5.00.